The van der Waals surface area contributed by atoms with E-state index >= 15 is 0 Å². The number of methoxy groups -OCH3 is 1. The molecule has 3 aromatic rings. The molecule has 2 aliphatic heterocycles. The standard InChI is InChI=1S/C40H48Cl3N5O6/c1-24-16-33(42)36(34(43)17-24)53-29-12-14-46(22-29)35-11-7-26(20-44-35)30-13-15-47(39(51)54-40(2,3)4)23-31(30)37(49)48(28-8-9-28)21-27-18-25(6-10-32(27)41)19-45-38(50)52-5/h6-7,10-11,16-18,20,28-31H,8-9,12-15,19,21-23H2,1-5H3,(H,45,50)/t29-,30+,31-/m0/s1. The maximum atomic E-state index is 14.8. The molecule has 1 aliphatic carbocycles. The summed E-state index contributed by atoms with van der Waals surface area (Å²) in [5.74, 6) is 0.567. The van der Waals surface area contributed by atoms with E-state index in [1.165, 1.54) is 7.11 Å². The van der Waals surface area contributed by atoms with Crippen molar-refractivity contribution in [2.45, 2.75) is 90.1 Å². The summed E-state index contributed by atoms with van der Waals surface area (Å²) in [5.41, 5.74) is 2.85. The van der Waals surface area contributed by atoms with Gasteiger partial charge in [0.25, 0.3) is 0 Å². The molecule has 3 amide bonds. The van der Waals surface area contributed by atoms with Crippen molar-refractivity contribution < 1.29 is 28.6 Å². The van der Waals surface area contributed by atoms with E-state index in [1.54, 1.807) is 11.0 Å². The summed E-state index contributed by atoms with van der Waals surface area (Å²) >= 11 is 19.6. The van der Waals surface area contributed by atoms with Gasteiger partial charge in [0.1, 0.15) is 17.5 Å². The van der Waals surface area contributed by atoms with Crippen LogP contribution in [0.4, 0.5) is 15.4 Å². The van der Waals surface area contributed by atoms with Gasteiger partial charge in [-0.05, 0) is 93.5 Å². The zero-order chi connectivity index (χ0) is 38.7. The van der Waals surface area contributed by atoms with Crippen LogP contribution in [0.2, 0.25) is 15.1 Å². The number of alkyl carbamates (subject to hydrolysis) is 1. The van der Waals surface area contributed by atoms with E-state index in [0.29, 0.717) is 46.9 Å². The van der Waals surface area contributed by atoms with Gasteiger partial charge in [-0.25, -0.2) is 14.6 Å². The summed E-state index contributed by atoms with van der Waals surface area (Å²) in [5, 5.41) is 4.21. The molecule has 290 valence electrons. The Kier molecular flexibility index (Phi) is 12.4. The summed E-state index contributed by atoms with van der Waals surface area (Å²) in [6.07, 6.45) is 3.93. The van der Waals surface area contributed by atoms with Crippen molar-refractivity contribution in [3.8, 4) is 5.75 Å². The van der Waals surface area contributed by atoms with Crippen molar-refractivity contribution in [3.05, 3.63) is 86.0 Å². The van der Waals surface area contributed by atoms with E-state index in [4.69, 9.17) is 54.0 Å². The van der Waals surface area contributed by atoms with Crippen LogP contribution in [0.15, 0.2) is 48.7 Å². The summed E-state index contributed by atoms with van der Waals surface area (Å²) in [6.45, 7) is 10.1. The Morgan fingerprint density at radius 3 is 2.33 bits per heavy atom. The molecule has 1 aromatic heterocycles. The molecule has 6 rings (SSSR count). The smallest absolute Gasteiger partial charge is 0.410 e. The lowest BCUT2D eigenvalue weighted by molar-refractivity contribution is -0.139. The first kappa shape index (κ1) is 39.8. The first-order valence-electron chi connectivity index (χ1n) is 18.4. The summed E-state index contributed by atoms with van der Waals surface area (Å²) < 4.78 is 16.7. The Balaban J connectivity index is 1.20. The Labute approximate surface area is 332 Å². The number of nitrogens with zero attached hydrogens (tertiary/aromatic N) is 4. The van der Waals surface area contributed by atoms with Gasteiger partial charge in [0.2, 0.25) is 5.91 Å². The highest BCUT2D eigenvalue weighted by Gasteiger charge is 2.43. The molecule has 0 bridgehead atoms. The van der Waals surface area contributed by atoms with Crippen molar-refractivity contribution in [1.82, 2.24) is 20.1 Å². The number of ether oxygens (including phenoxy) is 3. The van der Waals surface area contributed by atoms with E-state index in [0.717, 1.165) is 53.9 Å². The molecule has 1 N–H and O–H groups in total. The van der Waals surface area contributed by atoms with Crippen molar-refractivity contribution in [2.75, 3.05) is 38.2 Å². The molecule has 0 unspecified atom stereocenters. The largest absolute Gasteiger partial charge is 0.485 e. The number of hydrogen-bond acceptors (Lipinski definition) is 8. The summed E-state index contributed by atoms with van der Waals surface area (Å²) in [4.78, 5) is 50.4. The Morgan fingerprint density at radius 1 is 0.944 bits per heavy atom. The maximum Gasteiger partial charge on any atom is 0.410 e. The Morgan fingerprint density at radius 2 is 1.69 bits per heavy atom. The fraction of sp³-hybridized carbons (Fsp3) is 0.500. The first-order chi connectivity index (χ1) is 25.7. The van der Waals surface area contributed by atoms with Gasteiger partial charge in [0, 0.05) is 62.3 Å². The molecule has 3 heterocycles. The van der Waals surface area contributed by atoms with Gasteiger partial charge in [-0.15, -0.1) is 0 Å². The van der Waals surface area contributed by atoms with Gasteiger partial charge in [-0.3, -0.25) is 4.79 Å². The second-order valence-corrected chi connectivity index (χ2v) is 16.6. The second kappa shape index (κ2) is 16.8. The number of carbonyl (C=O) groups is 3. The van der Waals surface area contributed by atoms with Gasteiger partial charge in [0.15, 0.2) is 5.75 Å². The van der Waals surface area contributed by atoms with Crippen molar-refractivity contribution >= 4 is 58.7 Å². The third-order valence-electron chi connectivity index (χ3n) is 10.0. The highest BCUT2D eigenvalue weighted by Crippen LogP contribution is 2.40. The van der Waals surface area contributed by atoms with Crippen LogP contribution in [0.1, 0.15) is 74.6 Å². The average Bonchev–Trinajstić information content (AvgIpc) is 3.87. The fourth-order valence-corrected chi connectivity index (χ4v) is 8.03. The summed E-state index contributed by atoms with van der Waals surface area (Å²) in [7, 11) is 1.31. The first-order valence-corrected chi connectivity index (χ1v) is 19.5. The van der Waals surface area contributed by atoms with Gasteiger partial charge in [-0.2, -0.15) is 0 Å². The number of anilines is 1. The van der Waals surface area contributed by atoms with Crippen LogP contribution in [0.3, 0.4) is 0 Å². The fourth-order valence-electron chi connectivity index (χ4n) is 7.17. The maximum absolute atomic E-state index is 14.8. The minimum atomic E-state index is -0.671. The number of nitrogens with one attached hydrogen (secondary N) is 1. The zero-order valence-electron chi connectivity index (χ0n) is 31.4. The number of aromatic nitrogens is 1. The van der Waals surface area contributed by atoms with Crippen molar-refractivity contribution in [1.29, 1.82) is 0 Å². The molecule has 0 spiro atoms. The number of benzene rings is 2. The lowest BCUT2D eigenvalue weighted by Crippen LogP contribution is -2.51. The van der Waals surface area contributed by atoms with Crippen LogP contribution in [0.5, 0.6) is 5.75 Å². The SMILES string of the molecule is COC(=O)NCc1ccc(Cl)c(CN(C(=O)[C@H]2CN(C(=O)OC(C)(C)C)CC[C@@H]2c2ccc(N3CC[C@H](Oc4c(Cl)cc(C)cc4Cl)C3)nc2)C2CC2)c1. The van der Waals surface area contributed by atoms with E-state index in [9.17, 15) is 14.4 Å². The topological polar surface area (TPSA) is 114 Å². The summed E-state index contributed by atoms with van der Waals surface area (Å²) in [6, 6.07) is 13.3. The van der Waals surface area contributed by atoms with Gasteiger partial charge < -0.3 is 34.2 Å². The van der Waals surface area contributed by atoms with Crippen LogP contribution in [0, 0.1) is 12.8 Å². The van der Waals surface area contributed by atoms with Crippen LogP contribution in [-0.4, -0.2) is 83.9 Å². The predicted molar refractivity (Wildman–Crippen MR) is 210 cm³/mol. The number of pyridine rings is 1. The van der Waals surface area contributed by atoms with Crippen molar-refractivity contribution in [3.63, 3.8) is 0 Å². The minimum Gasteiger partial charge on any atom is -0.485 e. The number of amides is 3. The monoisotopic (exact) mass is 799 g/mol. The van der Waals surface area contributed by atoms with E-state index < -0.39 is 23.7 Å². The molecular weight excluding hydrogens is 753 g/mol. The number of piperidine rings is 1. The van der Waals surface area contributed by atoms with Gasteiger partial charge in [-0.1, -0.05) is 53.0 Å². The molecule has 14 heteroatoms. The molecule has 2 aromatic carbocycles. The van der Waals surface area contributed by atoms with Crippen LogP contribution in [0.25, 0.3) is 0 Å². The molecule has 11 nitrogen and oxygen atoms in total. The normalized spacial score (nSPS) is 20.0. The van der Waals surface area contributed by atoms with Gasteiger partial charge in [0.05, 0.1) is 29.6 Å². The van der Waals surface area contributed by atoms with Crippen molar-refractivity contribution in [2.24, 2.45) is 5.92 Å². The van der Waals surface area contributed by atoms with Gasteiger partial charge >= 0.3 is 12.2 Å². The second-order valence-electron chi connectivity index (χ2n) is 15.4. The lowest BCUT2D eigenvalue weighted by atomic mass is 9.80. The number of aryl methyl sites for hydroxylation is 1. The molecule has 0 radical (unpaired) electrons. The molecule has 2 saturated heterocycles. The number of rotatable bonds is 10. The lowest BCUT2D eigenvalue weighted by Gasteiger charge is -2.40. The molecular formula is C40H48Cl3N5O6. The van der Waals surface area contributed by atoms with Crippen LogP contribution >= 0.6 is 34.8 Å². The molecule has 3 aliphatic rings. The quantitative estimate of drug-likeness (QED) is 0.218. The average molecular weight is 801 g/mol. The third-order valence-corrected chi connectivity index (χ3v) is 11.0. The Hall–Kier alpha value is -3.93. The van der Waals surface area contributed by atoms with Crippen LogP contribution < -0.4 is 15.0 Å². The Bertz CT molecular complexity index is 1830. The highest BCUT2D eigenvalue weighted by molar-refractivity contribution is 6.37. The predicted octanol–water partition coefficient (Wildman–Crippen LogP) is 8.40. The number of likely N-dealkylation sites (tertiary alicyclic amines) is 1. The van der Waals surface area contributed by atoms with E-state index in [1.807, 2.05) is 69.1 Å². The molecule has 1 saturated carbocycles. The minimum absolute atomic E-state index is 0.0399. The molecule has 3 fully saturated rings. The zero-order valence-corrected chi connectivity index (χ0v) is 33.6. The number of halogens is 3. The molecule has 3 atom stereocenters. The number of carbonyl (C=O) groups excluding carboxylic acids is 3. The van der Waals surface area contributed by atoms with Crippen LogP contribution in [-0.2, 0) is 27.4 Å². The van der Waals surface area contributed by atoms with E-state index in [2.05, 4.69) is 16.3 Å². The number of hydrogen-bond donors (Lipinski definition) is 1. The van der Waals surface area contributed by atoms with E-state index in [-0.39, 0.29) is 37.1 Å². The third kappa shape index (κ3) is 9.83. The molecule has 54 heavy (non-hydrogen) atoms. The highest BCUT2D eigenvalue weighted by atomic mass is 35.5.